The Balaban J connectivity index is 1.64. The van der Waals surface area contributed by atoms with E-state index in [0.29, 0.717) is 47.2 Å². The van der Waals surface area contributed by atoms with Gasteiger partial charge in [-0.25, -0.2) is 8.42 Å². The van der Waals surface area contributed by atoms with Crippen LogP contribution >= 0.6 is 11.6 Å². The molecule has 1 aliphatic heterocycles. The monoisotopic (exact) mass is 389 g/mol. The van der Waals surface area contributed by atoms with Gasteiger partial charge >= 0.3 is 0 Å². The van der Waals surface area contributed by atoms with Crippen molar-refractivity contribution in [2.24, 2.45) is 0 Å². The lowest BCUT2D eigenvalue weighted by Crippen LogP contribution is -2.48. The normalized spacial score (nSPS) is 16.3. The standard InChI is InChI=1S/C19H20ClN3O2S/c1-15-12-18(20)6-7-19(15)26(24,25)23-10-8-22(9-11-23)14-17-4-2-16(13-21)3-5-17/h2-7,12H,8-11,14H2,1H3. The molecule has 1 fully saturated rings. The maximum Gasteiger partial charge on any atom is 0.243 e. The zero-order valence-electron chi connectivity index (χ0n) is 14.5. The second kappa shape index (κ2) is 7.77. The van der Waals surface area contributed by atoms with Crippen LogP contribution in [0.15, 0.2) is 47.4 Å². The van der Waals surface area contributed by atoms with Gasteiger partial charge < -0.3 is 0 Å². The number of nitriles is 1. The predicted molar refractivity (Wildman–Crippen MR) is 101 cm³/mol. The summed E-state index contributed by atoms with van der Waals surface area (Å²) in [5.74, 6) is 0. The van der Waals surface area contributed by atoms with Crippen LogP contribution in [-0.2, 0) is 16.6 Å². The van der Waals surface area contributed by atoms with Gasteiger partial charge in [0.1, 0.15) is 0 Å². The van der Waals surface area contributed by atoms with E-state index in [9.17, 15) is 8.42 Å². The van der Waals surface area contributed by atoms with Crippen molar-refractivity contribution in [1.82, 2.24) is 9.21 Å². The van der Waals surface area contributed by atoms with E-state index < -0.39 is 10.0 Å². The minimum absolute atomic E-state index is 0.322. The Labute approximate surface area is 159 Å². The van der Waals surface area contributed by atoms with Crippen molar-refractivity contribution in [1.29, 1.82) is 5.26 Å². The third-order valence-corrected chi connectivity index (χ3v) is 6.87. The third kappa shape index (κ3) is 4.08. The molecule has 0 unspecified atom stereocenters. The number of nitrogens with zero attached hydrogens (tertiary/aromatic N) is 3. The first-order valence-corrected chi connectivity index (χ1v) is 10.2. The molecule has 0 saturated carbocycles. The van der Waals surface area contributed by atoms with Crippen molar-refractivity contribution in [3.63, 3.8) is 0 Å². The number of aryl methyl sites for hydroxylation is 1. The van der Waals surface area contributed by atoms with Crippen LogP contribution in [0.5, 0.6) is 0 Å². The summed E-state index contributed by atoms with van der Waals surface area (Å²) in [5, 5.41) is 9.39. The summed E-state index contributed by atoms with van der Waals surface area (Å²) in [6.45, 7) is 4.78. The summed E-state index contributed by atoms with van der Waals surface area (Å²) in [4.78, 5) is 2.55. The molecule has 2 aromatic carbocycles. The number of hydrogen-bond donors (Lipinski definition) is 0. The molecule has 0 amide bonds. The van der Waals surface area contributed by atoms with Crippen molar-refractivity contribution in [3.05, 3.63) is 64.2 Å². The highest BCUT2D eigenvalue weighted by Crippen LogP contribution is 2.24. The Morgan fingerprint density at radius 2 is 1.73 bits per heavy atom. The Kier molecular flexibility index (Phi) is 5.64. The fraction of sp³-hybridized carbons (Fsp3) is 0.316. The molecule has 1 saturated heterocycles. The Morgan fingerprint density at radius 3 is 2.31 bits per heavy atom. The summed E-state index contributed by atoms with van der Waals surface area (Å²) in [6.07, 6.45) is 0. The highest BCUT2D eigenvalue weighted by molar-refractivity contribution is 7.89. The van der Waals surface area contributed by atoms with E-state index in [4.69, 9.17) is 16.9 Å². The highest BCUT2D eigenvalue weighted by Gasteiger charge is 2.29. The van der Waals surface area contributed by atoms with Crippen LogP contribution in [0.1, 0.15) is 16.7 Å². The van der Waals surface area contributed by atoms with Gasteiger partial charge in [-0.3, -0.25) is 4.90 Å². The molecule has 0 N–H and O–H groups in total. The van der Waals surface area contributed by atoms with E-state index in [2.05, 4.69) is 11.0 Å². The SMILES string of the molecule is Cc1cc(Cl)ccc1S(=O)(=O)N1CCN(Cc2ccc(C#N)cc2)CC1. The Bertz CT molecular complexity index is 928. The maximum atomic E-state index is 12.9. The number of piperazine rings is 1. The summed E-state index contributed by atoms with van der Waals surface area (Å²) in [7, 11) is -3.50. The number of hydrogen-bond acceptors (Lipinski definition) is 4. The molecule has 0 atom stereocenters. The first kappa shape index (κ1) is 18.9. The Morgan fingerprint density at radius 1 is 1.08 bits per heavy atom. The lowest BCUT2D eigenvalue weighted by molar-refractivity contribution is 0.181. The molecule has 0 aliphatic carbocycles. The topological polar surface area (TPSA) is 64.4 Å². The number of benzene rings is 2. The second-order valence-corrected chi connectivity index (χ2v) is 8.74. The van der Waals surface area contributed by atoms with E-state index in [1.807, 2.05) is 12.1 Å². The van der Waals surface area contributed by atoms with Crippen LogP contribution in [0.25, 0.3) is 0 Å². The lowest BCUT2D eigenvalue weighted by Gasteiger charge is -2.34. The van der Waals surface area contributed by atoms with Crippen LogP contribution in [0.2, 0.25) is 5.02 Å². The van der Waals surface area contributed by atoms with Crippen molar-refractivity contribution >= 4 is 21.6 Å². The molecule has 0 bridgehead atoms. The highest BCUT2D eigenvalue weighted by atomic mass is 35.5. The molecular weight excluding hydrogens is 370 g/mol. The zero-order valence-corrected chi connectivity index (χ0v) is 16.1. The summed E-state index contributed by atoms with van der Waals surface area (Å²) < 4.78 is 27.3. The molecule has 0 radical (unpaired) electrons. The Hall–Kier alpha value is -1.91. The quantitative estimate of drug-likeness (QED) is 0.806. The summed E-state index contributed by atoms with van der Waals surface area (Å²) in [6, 6.07) is 14.5. The molecule has 26 heavy (non-hydrogen) atoms. The van der Waals surface area contributed by atoms with Crippen molar-refractivity contribution in [3.8, 4) is 6.07 Å². The van der Waals surface area contributed by atoms with Crippen molar-refractivity contribution in [2.75, 3.05) is 26.2 Å². The molecule has 7 heteroatoms. The van der Waals surface area contributed by atoms with E-state index in [0.717, 1.165) is 12.1 Å². The maximum absolute atomic E-state index is 12.9. The molecular formula is C19H20ClN3O2S. The minimum Gasteiger partial charge on any atom is -0.296 e. The molecule has 136 valence electrons. The van der Waals surface area contributed by atoms with Crippen LogP contribution in [0.3, 0.4) is 0 Å². The first-order chi connectivity index (χ1) is 12.4. The van der Waals surface area contributed by atoms with Crippen LogP contribution in [0.4, 0.5) is 0 Å². The smallest absolute Gasteiger partial charge is 0.243 e. The first-order valence-electron chi connectivity index (χ1n) is 8.38. The van der Waals surface area contributed by atoms with Crippen LogP contribution in [-0.4, -0.2) is 43.8 Å². The summed E-state index contributed by atoms with van der Waals surface area (Å²) >= 11 is 5.94. The minimum atomic E-state index is -3.50. The molecule has 0 aromatic heterocycles. The van der Waals surface area contributed by atoms with Crippen molar-refractivity contribution in [2.45, 2.75) is 18.4 Å². The summed E-state index contributed by atoms with van der Waals surface area (Å²) in [5.41, 5.74) is 2.43. The average molecular weight is 390 g/mol. The van der Waals surface area contributed by atoms with Gasteiger partial charge in [-0.2, -0.15) is 9.57 Å². The fourth-order valence-electron chi connectivity index (χ4n) is 3.11. The van der Waals surface area contributed by atoms with Crippen LogP contribution < -0.4 is 0 Å². The fourth-order valence-corrected chi connectivity index (χ4v) is 4.97. The van der Waals surface area contributed by atoms with E-state index >= 15 is 0 Å². The molecule has 5 nitrogen and oxygen atoms in total. The van der Waals surface area contributed by atoms with E-state index in [1.54, 1.807) is 41.6 Å². The van der Waals surface area contributed by atoms with Gasteiger partial charge in [-0.1, -0.05) is 23.7 Å². The van der Waals surface area contributed by atoms with E-state index in [1.165, 1.54) is 0 Å². The number of sulfonamides is 1. The van der Waals surface area contributed by atoms with Gasteiger partial charge in [-0.15, -0.1) is 0 Å². The zero-order chi connectivity index (χ0) is 18.7. The number of halogens is 1. The van der Waals surface area contributed by atoms with Gasteiger partial charge in [0.25, 0.3) is 0 Å². The van der Waals surface area contributed by atoms with Gasteiger partial charge in [0.15, 0.2) is 0 Å². The molecule has 3 rings (SSSR count). The molecule has 1 heterocycles. The second-order valence-electron chi connectivity index (χ2n) is 6.40. The van der Waals surface area contributed by atoms with E-state index in [-0.39, 0.29) is 0 Å². The third-order valence-electron chi connectivity index (χ3n) is 4.58. The predicted octanol–water partition coefficient (Wildman–Crippen LogP) is 3.03. The van der Waals surface area contributed by atoms with Gasteiger partial charge in [0, 0.05) is 37.7 Å². The van der Waals surface area contributed by atoms with Crippen LogP contribution in [0, 0.1) is 18.3 Å². The number of rotatable bonds is 4. The largest absolute Gasteiger partial charge is 0.296 e. The average Bonchev–Trinajstić information content (AvgIpc) is 2.62. The lowest BCUT2D eigenvalue weighted by atomic mass is 10.1. The van der Waals surface area contributed by atoms with Gasteiger partial charge in [0.2, 0.25) is 10.0 Å². The van der Waals surface area contributed by atoms with Gasteiger partial charge in [0.05, 0.1) is 16.5 Å². The molecule has 2 aromatic rings. The van der Waals surface area contributed by atoms with Gasteiger partial charge in [-0.05, 0) is 48.4 Å². The molecule has 1 aliphatic rings. The molecule has 0 spiro atoms. The van der Waals surface area contributed by atoms with Crippen molar-refractivity contribution < 1.29 is 8.42 Å².